The maximum absolute atomic E-state index is 12.6. The smallest absolute Gasteiger partial charge is 0.263 e. The van der Waals surface area contributed by atoms with Gasteiger partial charge in [-0.2, -0.15) is 0 Å². The summed E-state index contributed by atoms with van der Waals surface area (Å²) in [6, 6.07) is 21.0. The Bertz CT molecular complexity index is 1320. The summed E-state index contributed by atoms with van der Waals surface area (Å²) in [4.78, 5) is 17.1. The van der Waals surface area contributed by atoms with Crippen molar-refractivity contribution >= 4 is 21.8 Å². The summed E-state index contributed by atoms with van der Waals surface area (Å²) in [7, 11) is -2.09. The molecule has 3 aromatic carbocycles. The van der Waals surface area contributed by atoms with Gasteiger partial charge in [0.2, 0.25) is 5.91 Å². The first kappa shape index (κ1) is 23.3. The molecule has 0 bridgehead atoms. The van der Waals surface area contributed by atoms with Crippen LogP contribution in [0.2, 0.25) is 0 Å². The predicted molar refractivity (Wildman–Crippen MR) is 128 cm³/mol. The summed E-state index contributed by atoms with van der Waals surface area (Å²) >= 11 is 0. The second kappa shape index (κ2) is 9.96. The molecule has 8 nitrogen and oxygen atoms in total. The van der Waals surface area contributed by atoms with E-state index in [1.807, 2.05) is 36.4 Å². The standard InChI is InChI=1S/C25H25N3O5S/c1-17(27-24-20-10-6-7-11-23(20)34(30,31)28-24)25(29)26-15-19-12-13-21(22(14-19)32-2)33-16-18-8-4-3-5-9-18/h3-14,17H,15-16H2,1-2H3,(H,26,29)(H,27,28)/t17-/m1/s1. The number of amides is 1. The highest BCUT2D eigenvalue weighted by molar-refractivity contribution is 7.90. The molecule has 1 heterocycles. The number of fused-ring (bicyclic) bond motifs is 1. The fraction of sp³-hybridized carbons (Fsp3) is 0.200. The van der Waals surface area contributed by atoms with Crippen LogP contribution in [0.25, 0.3) is 0 Å². The summed E-state index contributed by atoms with van der Waals surface area (Å²) in [6.45, 7) is 2.28. The molecule has 0 radical (unpaired) electrons. The van der Waals surface area contributed by atoms with Gasteiger partial charge in [-0.25, -0.2) is 8.42 Å². The lowest BCUT2D eigenvalue weighted by Crippen LogP contribution is -2.33. The van der Waals surface area contributed by atoms with Crippen molar-refractivity contribution in [1.29, 1.82) is 0 Å². The highest BCUT2D eigenvalue weighted by Gasteiger charge is 2.31. The van der Waals surface area contributed by atoms with Crippen LogP contribution in [-0.2, 0) is 28.0 Å². The number of methoxy groups -OCH3 is 1. The van der Waals surface area contributed by atoms with Gasteiger partial charge in [0.05, 0.1) is 12.0 Å². The maximum Gasteiger partial charge on any atom is 0.263 e. The van der Waals surface area contributed by atoms with E-state index in [2.05, 4.69) is 15.0 Å². The topological polar surface area (TPSA) is 106 Å². The van der Waals surface area contributed by atoms with E-state index in [4.69, 9.17) is 9.47 Å². The molecule has 9 heteroatoms. The van der Waals surface area contributed by atoms with Crippen molar-refractivity contribution in [3.05, 3.63) is 89.5 Å². The van der Waals surface area contributed by atoms with E-state index in [1.54, 1.807) is 44.4 Å². The van der Waals surface area contributed by atoms with Crippen molar-refractivity contribution in [3.63, 3.8) is 0 Å². The third kappa shape index (κ3) is 5.20. The van der Waals surface area contributed by atoms with Gasteiger partial charge < -0.3 is 14.8 Å². The molecule has 1 atom stereocenters. The van der Waals surface area contributed by atoms with Gasteiger partial charge in [-0.3, -0.25) is 14.5 Å². The number of carbonyl (C=O) groups is 1. The maximum atomic E-state index is 12.6. The van der Waals surface area contributed by atoms with Crippen LogP contribution in [0, 0.1) is 0 Å². The highest BCUT2D eigenvalue weighted by Crippen LogP contribution is 2.29. The van der Waals surface area contributed by atoms with Crippen LogP contribution < -0.4 is 19.5 Å². The van der Waals surface area contributed by atoms with Gasteiger partial charge in [0.25, 0.3) is 10.0 Å². The summed E-state index contributed by atoms with van der Waals surface area (Å²) in [6.07, 6.45) is 0. The lowest BCUT2D eigenvalue weighted by molar-refractivity contribution is -0.122. The van der Waals surface area contributed by atoms with Crippen LogP contribution in [0.15, 0.2) is 82.7 Å². The zero-order valence-corrected chi connectivity index (χ0v) is 19.6. The molecule has 1 aliphatic heterocycles. The Balaban J connectivity index is 1.38. The zero-order valence-electron chi connectivity index (χ0n) is 18.8. The Kier molecular flexibility index (Phi) is 6.83. The lowest BCUT2D eigenvalue weighted by Gasteiger charge is -2.13. The minimum atomic E-state index is -3.65. The third-order valence-corrected chi connectivity index (χ3v) is 6.69. The highest BCUT2D eigenvalue weighted by atomic mass is 32.2. The number of benzene rings is 3. The van der Waals surface area contributed by atoms with Crippen molar-refractivity contribution in [3.8, 4) is 11.5 Å². The molecule has 0 fully saturated rings. The summed E-state index contributed by atoms with van der Waals surface area (Å²) < 4.78 is 38.2. The van der Waals surface area contributed by atoms with Gasteiger partial charge >= 0.3 is 0 Å². The van der Waals surface area contributed by atoms with Gasteiger partial charge in [-0.1, -0.05) is 48.5 Å². The van der Waals surface area contributed by atoms with Gasteiger partial charge in [-0.15, -0.1) is 0 Å². The Morgan fingerprint density at radius 3 is 2.50 bits per heavy atom. The van der Waals surface area contributed by atoms with E-state index in [0.29, 0.717) is 23.7 Å². The number of nitrogens with one attached hydrogen (secondary N) is 2. The van der Waals surface area contributed by atoms with E-state index < -0.39 is 16.1 Å². The quantitative estimate of drug-likeness (QED) is 0.517. The Hall–Kier alpha value is -3.85. The number of amidine groups is 1. The molecule has 1 amide bonds. The van der Waals surface area contributed by atoms with Crippen LogP contribution in [-0.4, -0.2) is 33.3 Å². The van der Waals surface area contributed by atoms with Gasteiger partial charge in [0.15, 0.2) is 11.5 Å². The number of hydrogen-bond acceptors (Lipinski definition) is 6. The number of rotatable bonds is 8. The molecule has 0 spiro atoms. The number of ether oxygens (including phenoxy) is 2. The number of nitrogens with zero attached hydrogens (tertiary/aromatic N) is 1. The van der Waals surface area contributed by atoms with E-state index in [9.17, 15) is 13.2 Å². The second-order valence-corrected chi connectivity index (χ2v) is 9.38. The minimum absolute atomic E-state index is 0.156. The summed E-state index contributed by atoms with van der Waals surface area (Å²) in [5.41, 5.74) is 2.32. The monoisotopic (exact) mass is 479 g/mol. The largest absolute Gasteiger partial charge is 0.493 e. The predicted octanol–water partition coefficient (Wildman–Crippen LogP) is 3.02. The fourth-order valence-electron chi connectivity index (χ4n) is 3.50. The minimum Gasteiger partial charge on any atom is -0.493 e. The van der Waals surface area contributed by atoms with E-state index in [1.165, 1.54) is 6.07 Å². The Labute approximate surface area is 198 Å². The molecule has 0 aromatic heterocycles. The average Bonchev–Trinajstić information content (AvgIpc) is 3.11. The SMILES string of the molecule is COc1cc(CNC(=O)[C@@H](C)N=C2NS(=O)(=O)c3ccccc32)ccc1OCc1ccccc1. The first-order chi connectivity index (χ1) is 16.4. The van der Waals surface area contributed by atoms with Crippen molar-refractivity contribution < 1.29 is 22.7 Å². The third-order valence-electron chi connectivity index (χ3n) is 5.30. The average molecular weight is 480 g/mol. The fourth-order valence-corrected chi connectivity index (χ4v) is 4.73. The van der Waals surface area contributed by atoms with Crippen molar-refractivity contribution in [1.82, 2.24) is 10.0 Å². The molecule has 4 rings (SSSR count). The van der Waals surface area contributed by atoms with E-state index in [-0.39, 0.29) is 23.2 Å². The lowest BCUT2D eigenvalue weighted by atomic mass is 10.2. The van der Waals surface area contributed by atoms with Gasteiger partial charge in [0, 0.05) is 12.1 Å². The molecule has 0 unspecified atom stereocenters. The van der Waals surface area contributed by atoms with Crippen LogP contribution in [0.5, 0.6) is 11.5 Å². The number of carbonyl (C=O) groups excluding carboxylic acids is 1. The molecule has 0 saturated heterocycles. The molecule has 176 valence electrons. The van der Waals surface area contributed by atoms with Crippen LogP contribution in [0.4, 0.5) is 0 Å². The van der Waals surface area contributed by atoms with Crippen LogP contribution >= 0.6 is 0 Å². The molecule has 1 aliphatic rings. The van der Waals surface area contributed by atoms with E-state index in [0.717, 1.165) is 11.1 Å². The molecule has 2 N–H and O–H groups in total. The molecule has 34 heavy (non-hydrogen) atoms. The van der Waals surface area contributed by atoms with Gasteiger partial charge in [0.1, 0.15) is 18.5 Å². The second-order valence-electron chi connectivity index (χ2n) is 7.73. The Morgan fingerprint density at radius 2 is 1.74 bits per heavy atom. The Morgan fingerprint density at radius 1 is 1.00 bits per heavy atom. The molecule has 0 saturated carbocycles. The molecular formula is C25H25N3O5S. The number of aliphatic imine (C=N–C) groups is 1. The first-order valence-corrected chi connectivity index (χ1v) is 12.2. The van der Waals surface area contributed by atoms with Crippen LogP contribution in [0.3, 0.4) is 0 Å². The van der Waals surface area contributed by atoms with Crippen molar-refractivity contribution in [2.45, 2.75) is 31.0 Å². The molecule has 3 aromatic rings. The number of sulfonamides is 1. The zero-order chi connectivity index (χ0) is 24.1. The summed E-state index contributed by atoms with van der Waals surface area (Å²) in [5, 5.41) is 2.83. The normalized spacial score (nSPS) is 15.8. The van der Waals surface area contributed by atoms with Crippen LogP contribution in [0.1, 0.15) is 23.6 Å². The van der Waals surface area contributed by atoms with Crippen molar-refractivity contribution in [2.75, 3.05) is 7.11 Å². The van der Waals surface area contributed by atoms with Crippen molar-refractivity contribution in [2.24, 2.45) is 4.99 Å². The summed E-state index contributed by atoms with van der Waals surface area (Å²) in [5.74, 6) is 1.00. The number of hydrogen-bond donors (Lipinski definition) is 2. The molecule has 0 aliphatic carbocycles. The van der Waals surface area contributed by atoms with Gasteiger partial charge in [-0.05, 0) is 42.3 Å². The van der Waals surface area contributed by atoms with E-state index >= 15 is 0 Å². The molecular weight excluding hydrogens is 454 g/mol. The first-order valence-electron chi connectivity index (χ1n) is 10.7.